The zero-order valence-electron chi connectivity index (χ0n) is 29.7. The summed E-state index contributed by atoms with van der Waals surface area (Å²) in [6.45, 7) is 27.3. The van der Waals surface area contributed by atoms with Crippen LogP contribution in [0.1, 0.15) is 116 Å². The van der Waals surface area contributed by atoms with Crippen LogP contribution < -0.4 is 5.11 Å². The molecule has 0 radical (unpaired) electrons. The Morgan fingerprint density at radius 2 is 1.18 bits per heavy atom. The molecule has 3 aromatic carbocycles. The Bertz CT molecular complexity index is 1700. The molecular weight excluding hydrogens is 548 g/mol. The maximum Gasteiger partial charge on any atom is 0.291 e. The molecule has 45 heavy (non-hydrogen) atoms. The van der Waals surface area contributed by atoms with Crippen LogP contribution >= 0.6 is 0 Å². The summed E-state index contributed by atoms with van der Waals surface area (Å²) in [5, 5.41) is 13.4. The monoisotopic (exact) mass is 598 g/mol. The van der Waals surface area contributed by atoms with Gasteiger partial charge in [-0.1, -0.05) is 83.7 Å². The summed E-state index contributed by atoms with van der Waals surface area (Å²) in [5.74, 6) is 7.91. The number of carbonyl (C=O) groups is 1. The zero-order valence-corrected chi connectivity index (χ0v) is 29.7. The van der Waals surface area contributed by atoms with E-state index in [4.69, 9.17) is 0 Å². The topological polar surface area (TPSA) is 40.1 Å². The molecule has 0 N–H and O–H groups in total. The molecule has 3 aromatic rings. The molecule has 4 rings (SSSR count). The Morgan fingerprint density at radius 3 is 1.67 bits per heavy atom. The minimum absolute atomic E-state index is 0.141. The molecule has 0 heterocycles. The quantitative estimate of drug-likeness (QED) is 0.217. The molecule has 0 spiro atoms. The number of aryl methyl sites for hydroxylation is 1. The van der Waals surface area contributed by atoms with Gasteiger partial charge in [0.15, 0.2) is 0 Å². The van der Waals surface area contributed by atoms with E-state index in [0.717, 1.165) is 61.6 Å². The molecule has 0 aromatic heterocycles. The van der Waals surface area contributed by atoms with Crippen molar-refractivity contribution in [3.8, 4) is 28.7 Å². The predicted octanol–water partition coefficient (Wildman–Crippen LogP) is 10.3. The summed E-state index contributed by atoms with van der Waals surface area (Å²) in [4.78, 5) is 13.4. The van der Waals surface area contributed by atoms with Crippen LogP contribution in [-0.2, 0) is 15.6 Å². The van der Waals surface area contributed by atoms with Crippen molar-refractivity contribution < 1.29 is 9.90 Å². The van der Waals surface area contributed by atoms with Gasteiger partial charge in [-0.3, -0.25) is 4.79 Å². The SMILES string of the molecule is Cc1ccc(C2=C[C+](C(C)(C)C)C(=O)C(C(C)(C)C)=C2)cc1C#Cc1ccc(-c2cc(C(C)(C)C)c([O-])c(C(C)(C)C)c2)cc1. The first-order valence-corrected chi connectivity index (χ1v) is 16.0. The van der Waals surface area contributed by atoms with Gasteiger partial charge in [-0.15, -0.1) is 5.75 Å². The average molecular weight is 599 g/mol. The number of hydrogen-bond donors (Lipinski definition) is 0. The zero-order chi connectivity index (χ0) is 33.7. The number of benzene rings is 3. The Kier molecular flexibility index (Phi) is 8.86. The third-order valence-corrected chi connectivity index (χ3v) is 8.54. The Morgan fingerprint density at radius 1 is 0.644 bits per heavy atom. The average Bonchev–Trinajstić information content (AvgIpc) is 2.90. The Hall–Kier alpha value is -3.96. The molecule has 2 heteroatoms. The molecule has 1 aliphatic rings. The largest absolute Gasteiger partial charge is 0.872 e. The van der Waals surface area contributed by atoms with Crippen LogP contribution in [0.5, 0.6) is 5.75 Å². The van der Waals surface area contributed by atoms with Crippen LogP contribution in [-0.4, -0.2) is 5.78 Å². The molecule has 0 aliphatic heterocycles. The minimum atomic E-state index is -0.258. The van der Waals surface area contributed by atoms with Gasteiger partial charge in [0.05, 0.1) is 17.7 Å². The second-order valence-corrected chi connectivity index (χ2v) is 16.7. The second kappa shape index (κ2) is 11.8. The van der Waals surface area contributed by atoms with E-state index in [-0.39, 0.29) is 33.2 Å². The first kappa shape index (κ1) is 33.9. The Labute approximate surface area is 272 Å². The van der Waals surface area contributed by atoms with Crippen molar-refractivity contribution in [3.05, 3.63) is 112 Å². The van der Waals surface area contributed by atoms with E-state index in [9.17, 15) is 9.90 Å². The fourth-order valence-corrected chi connectivity index (χ4v) is 5.64. The van der Waals surface area contributed by atoms with Gasteiger partial charge in [-0.2, -0.15) is 0 Å². The number of Topliss-reactive ketones (excluding diaryl/α,β-unsaturated/α-hetero) is 1. The van der Waals surface area contributed by atoms with E-state index < -0.39 is 0 Å². The van der Waals surface area contributed by atoms with E-state index in [2.05, 4.69) is 169 Å². The molecule has 2 nitrogen and oxygen atoms in total. The van der Waals surface area contributed by atoms with E-state index in [1.54, 1.807) is 0 Å². The molecule has 1 aliphatic carbocycles. The smallest absolute Gasteiger partial charge is 0.291 e. The highest BCUT2D eigenvalue weighted by molar-refractivity contribution is 6.13. The third kappa shape index (κ3) is 7.48. The molecule has 0 fully saturated rings. The van der Waals surface area contributed by atoms with Crippen molar-refractivity contribution in [2.75, 3.05) is 0 Å². The van der Waals surface area contributed by atoms with Crippen molar-refractivity contribution >= 4 is 11.4 Å². The molecule has 0 saturated heterocycles. The number of hydrogen-bond acceptors (Lipinski definition) is 2. The number of ketones is 1. The summed E-state index contributed by atoms with van der Waals surface area (Å²) in [6, 6.07) is 18.8. The summed E-state index contributed by atoms with van der Waals surface area (Å²) < 4.78 is 0. The van der Waals surface area contributed by atoms with E-state index in [1.165, 1.54) is 0 Å². The van der Waals surface area contributed by atoms with Gasteiger partial charge in [-0.25, -0.2) is 0 Å². The van der Waals surface area contributed by atoms with Gasteiger partial charge in [-0.05, 0) is 111 Å². The third-order valence-electron chi connectivity index (χ3n) is 8.54. The fourth-order valence-electron chi connectivity index (χ4n) is 5.64. The molecule has 0 unspecified atom stereocenters. The number of allylic oxidation sites excluding steroid dienone is 4. The first-order valence-electron chi connectivity index (χ1n) is 16.0. The number of carbonyl (C=O) groups excluding carboxylic acids is 1. The highest BCUT2D eigenvalue weighted by Gasteiger charge is 2.45. The van der Waals surface area contributed by atoms with Gasteiger partial charge in [0.25, 0.3) is 5.78 Å². The van der Waals surface area contributed by atoms with Crippen molar-refractivity contribution in [1.82, 2.24) is 0 Å². The normalized spacial score (nSPS) is 14.5. The highest BCUT2D eigenvalue weighted by atomic mass is 16.3. The first-order chi connectivity index (χ1) is 20.6. The fraction of sp³-hybridized carbons (Fsp3) is 0.395. The van der Waals surface area contributed by atoms with E-state index in [0.29, 0.717) is 0 Å². The maximum atomic E-state index is 13.4. The van der Waals surface area contributed by atoms with Crippen LogP contribution in [0, 0.1) is 35.5 Å². The van der Waals surface area contributed by atoms with Crippen LogP contribution in [0.15, 0.2) is 72.3 Å². The van der Waals surface area contributed by atoms with E-state index >= 15 is 0 Å². The summed E-state index contributed by atoms with van der Waals surface area (Å²) in [6.07, 6.45) is 4.13. The van der Waals surface area contributed by atoms with Gasteiger partial charge < -0.3 is 5.11 Å². The molecule has 0 saturated carbocycles. The predicted molar refractivity (Wildman–Crippen MR) is 189 cm³/mol. The van der Waals surface area contributed by atoms with Crippen molar-refractivity contribution in [3.63, 3.8) is 0 Å². The lowest BCUT2D eigenvalue weighted by atomic mass is 9.68. The van der Waals surface area contributed by atoms with Crippen molar-refractivity contribution in [1.29, 1.82) is 0 Å². The number of rotatable bonds is 2. The molecule has 0 amide bonds. The van der Waals surface area contributed by atoms with E-state index in [1.807, 2.05) is 0 Å². The van der Waals surface area contributed by atoms with Gasteiger partial charge in [0.2, 0.25) is 0 Å². The summed E-state index contributed by atoms with van der Waals surface area (Å²) in [5.41, 5.74) is 8.76. The highest BCUT2D eigenvalue weighted by Crippen LogP contribution is 2.43. The molecule has 0 atom stereocenters. The lowest BCUT2D eigenvalue weighted by Gasteiger charge is -2.34. The molecule has 0 bridgehead atoms. The van der Waals surface area contributed by atoms with Crippen LogP contribution in [0.3, 0.4) is 0 Å². The summed E-state index contributed by atoms with van der Waals surface area (Å²) in [7, 11) is 0. The van der Waals surface area contributed by atoms with Gasteiger partial charge in [0.1, 0.15) is 11.5 Å². The molecular formula is C43H50O2. The minimum Gasteiger partial charge on any atom is -0.872 e. The van der Waals surface area contributed by atoms with Gasteiger partial charge in [0, 0.05) is 27.5 Å². The lowest BCUT2D eigenvalue weighted by molar-refractivity contribution is -0.271. The summed E-state index contributed by atoms with van der Waals surface area (Å²) >= 11 is 0. The maximum absolute atomic E-state index is 13.4. The molecule has 234 valence electrons. The van der Waals surface area contributed by atoms with Gasteiger partial charge >= 0.3 is 0 Å². The van der Waals surface area contributed by atoms with Crippen LogP contribution in [0.4, 0.5) is 0 Å². The Balaban J connectivity index is 1.70. The van der Waals surface area contributed by atoms with Crippen LogP contribution in [0.25, 0.3) is 16.7 Å². The second-order valence-electron chi connectivity index (χ2n) is 16.7. The van der Waals surface area contributed by atoms with Crippen molar-refractivity contribution in [2.45, 2.75) is 101 Å². The lowest BCUT2D eigenvalue weighted by Crippen LogP contribution is -2.32. The van der Waals surface area contributed by atoms with Crippen molar-refractivity contribution in [2.24, 2.45) is 10.8 Å². The van der Waals surface area contributed by atoms with Crippen LogP contribution in [0.2, 0.25) is 0 Å². The standard InChI is InChI=1S/C43H50O2/c1-27-14-18-31(33-25-36(42(8,9)10)39(45)37(26-33)43(11,12)13)22-30(27)21-17-28-15-19-29(20-16-28)32-23-34(40(2,3)4)38(44)35(24-32)41(5,6)7/h14-16,18-20,22-26H,1-13H3.